The molecule has 1 aromatic carbocycles. The molecule has 1 N–H and O–H groups in total. The predicted octanol–water partition coefficient (Wildman–Crippen LogP) is 5.87. The van der Waals surface area contributed by atoms with Crippen molar-refractivity contribution in [3.8, 4) is 5.75 Å². The molecule has 0 bridgehead atoms. The fourth-order valence-electron chi connectivity index (χ4n) is 5.58. The number of aliphatic hydroxyl groups is 1. The summed E-state index contributed by atoms with van der Waals surface area (Å²) in [6.07, 6.45) is 12.4. The van der Waals surface area contributed by atoms with E-state index in [0.717, 1.165) is 37.9 Å². The molecular formula is C27H42O4. The number of fused-ring (bicyclic) bond motifs is 2. The Morgan fingerprint density at radius 2 is 1.90 bits per heavy atom. The minimum Gasteiger partial charge on any atom is -0.482 e. The quantitative estimate of drug-likeness (QED) is 0.333. The highest BCUT2D eigenvalue weighted by Crippen LogP contribution is 2.48. The predicted molar refractivity (Wildman–Crippen MR) is 124 cm³/mol. The Bertz CT molecular complexity index is 700. The second-order valence-corrected chi connectivity index (χ2v) is 9.75. The van der Waals surface area contributed by atoms with Gasteiger partial charge in [-0.3, -0.25) is 0 Å². The number of carbonyl (C=O) groups excluding carboxylic acids is 1. The Labute approximate surface area is 188 Å². The van der Waals surface area contributed by atoms with Crippen molar-refractivity contribution in [2.24, 2.45) is 17.8 Å². The van der Waals surface area contributed by atoms with Crippen LogP contribution in [0.25, 0.3) is 0 Å². The zero-order valence-electron chi connectivity index (χ0n) is 19.8. The van der Waals surface area contributed by atoms with Crippen LogP contribution in [-0.4, -0.2) is 29.9 Å². The molecule has 5 atom stereocenters. The molecule has 0 aliphatic heterocycles. The van der Waals surface area contributed by atoms with Crippen molar-refractivity contribution in [1.29, 1.82) is 0 Å². The number of ether oxygens (including phenoxy) is 2. The van der Waals surface area contributed by atoms with Gasteiger partial charge in [0, 0.05) is 0 Å². The molecule has 1 saturated carbocycles. The lowest BCUT2D eigenvalue weighted by molar-refractivity contribution is -0.150. The van der Waals surface area contributed by atoms with Crippen molar-refractivity contribution in [1.82, 2.24) is 0 Å². The first kappa shape index (κ1) is 24.1. The molecule has 4 heteroatoms. The van der Waals surface area contributed by atoms with E-state index in [2.05, 4.69) is 13.0 Å². The standard InChI is InChI=1S/C27H42O4/c1-4-6-7-8-9-10-13-22-23-15-20-12-11-14-26(24(20)16-21(23)17-25(22)28)30-18-27(29)31-19(3)5-2/h11-12,14,19,21-23,25,28H,4-10,13,15-18H2,1-3H3/t19-,21+,22-,23+,25-/m1/s1. The average molecular weight is 431 g/mol. The minimum atomic E-state index is -0.309. The Balaban J connectivity index is 1.56. The van der Waals surface area contributed by atoms with Gasteiger partial charge in [-0.15, -0.1) is 0 Å². The summed E-state index contributed by atoms with van der Waals surface area (Å²) in [6.45, 7) is 6.11. The Morgan fingerprint density at radius 1 is 1.13 bits per heavy atom. The highest BCUT2D eigenvalue weighted by atomic mass is 16.6. The molecule has 0 radical (unpaired) electrons. The molecule has 0 amide bonds. The van der Waals surface area contributed by atoms with Crippen LogP contribution in [0.4, 0.5) is 0 Å². The zero-order valence-corrected chi connectivity index (χ0v) is 19.8. The SMILES string of the molecule is CCCCCCCC[C@@H]1[C@H]2Cc3cccc(OCC(=O)O[C@H](C)CC)c3C[C@H]2C[C@H]1O. The van der Waals surface area contributed by atoms with E-state index in [9.17, 15) is 9.90 Å². The third-order valence-corrected chi connectivity index (χ3v) is 7.49. The average Bonchev–Trinajstić information content (AvgIpc) is 3.07. The van der Waals surface area contributed by atoms with Crippen LogP contribution in [-0.2, 0) is 22.4 Å². The fourth-order valence-corrected chi connectivity index (χ4v) is 5.58. The van der Waals surface area contributed by atoms with E-state index < -0.39 is 0 Å². The number of rotatable bonds is 12. The number of carbonyl (C=O) groups is 1. The molecule has 2 aliphatic rings. The van der Waals surface area contributed by atoms with Crippen LogP contribution in [0, 0.1) is 17.8 Å². The van der Waals surface area contributed by atoms with Gasteiger partial charge in [-0.25, -0.2) is 4.79 Å². The Hall–Kier alpha value is -1.55. The molecule has 2 aliphatic carbocycles. The zero-order chi connectivity index (χ0) is 22.2. The van der Waals surface area contributed by atoms with Gasteiger partial charge in [-0.05, 0) is 74.0 Å². The molecule has 0 saturated heterocycles. The summed E-state index contributed by atoms with van der Waals surface area (Å²) in [7, 11) is 0. The van der Waals surface area contributed by atoms with Crippen molar-refractivity contribution in [2.45, 2.75) is 104 Å². The number of hydrogen-bond acceptors (Lipinski definition) is 4. The van der Waals surface area contributed by atoms with Crippen LogP contribution < -0.4 is 4.74 Å². The van der Waals surface area contributed by atoms with Gasteiger partial charge in [0.15, 0.2) is 6.61 Å². The lowest BCUT2D eigenvalue weighted by Crippen LogP contribution is -2.27. The smallest absolute Gasteiger partial charge is 0.344 e. The van der Waals surface area contributed by atoms with E-state index in [-0.39, 0.29) is 24.8 Å². The third-order valence-electron chi connectivity index (χ3n) is 7.49. The molecule has 0 unspecified atom stereocenters. The van der Waals surface area contributed by atoms with Gasteiger partial charge in [-0.1, -0.05) is 64.5 Å². The summed E-state index contributed by atoms with van der Waals surface area (Å²) in [5.74, 6) is 2.02. The first-order valence-electron chi connectivity index (χ1n) is 12.6. The molecule has 0 aromatic heterocycles. The van der Waals surface area contributed by atoms with Crippen molar-refractivity contribution >= 4 is 5.97 Å². The van der Waals surface area contributed by atoms with E-state index in [4.69, 9.17) is 9.47 Å². The summed E-state index contributed by atoms with van der Waals surface area (Å²) in [5, 5.41) is 10.8. The summed E-state index contributed by atoms with van der Waals surface area (Å²) < 4.78 is 11.2. The van der Waals surface area contributed by atoms with E-state index in [1.54, 1.807) is 0 Å². The lowest BCUT2D eigenvalue weighted by Gasteiger charge is -2.32. The van der Waals surface area contributed by atoms with Gasteiger partial charge in [-0.2, -0.15) is 0 Å². The number of benzene rings is 1. The van der Waals surface area contributed by atoms with Crippen molar-refractivity contribution < 1.29 is 19.4 Å². The van der Waals surface area contributed by atoms with Crippen molar-refractivity contribution in [3.05, 3.63) is 29.3 Å². The van der Waals surface area contributed by atoms with Gasteiger partial charge < -0.3 is 14.6 Å². The van der Waals surface area contributed by atoms with Crippen LogP contribution in [0.1, 0.15) is 89.7 Å². The monoisotopic (exact) mass is 430 g/mol. The second kappa shape index (κ2) is 11.9. The summed E-state index contributed by atoms with van der Waals surface area (Å²) in [6, 6.07) is 6.19. The summed E-state index contributed by atoms with van der Waals surface area (Å²) >= 11 is 0. The van der Waals surface area contributed by atoms with Gasteiger partial charge in [0.05, 0.1) is 12.2 Å². The van der Waals surface area contributed by atoms with E-state index in [1.807, 2.05) is 26.0 Å². The van der Waals surface area contributed by atoms with E-state index in [0.29, 0.717) is 17.8 Å². The van der Waals surface area contributed by atoms with Gasteiger partial charge >= 0.3 is 5.97 Å². The Kier molecular flexibility index (Phi) is 9.25. The van der Waals surface area contributed by atoms with Crippen molar-refractivity contribution in [3.63, 3.8) is 0 Å². The van der Waals surface area contributed by atoms with Crippen LogP contribution in [0.3, 0.4) is 0 Å². The summed E-state index contributed by atoms with van der Waals surface area (Å²) in [4.78, 5) is 12.0. The number of unbranched alkanes of at least 4 members (excludes halogenated alkanes) is 5. The first-order chi connectivity index (χ1) is 15.0. The van der Waals surface area contributed by atoms with Crippen LogP contribution in [0.2, 0.25) is 0 Å². The Morgan fingerprint density at radius 3 is 2.68 bits per heavy atom. The number of aliphatic hydroxyl groups excluding tert-OH is 1. The summed E-state index contributed by atoms with van der Waals surface area (Å²) in [5.41, 5.74) is 2.56. The topological polar surface area (TPSA) is 55.8 Å². The number of hydrogen-bond donors (Lipinski definition) is 1. The van der Waals surface area contributed by atoms with E-state index >= 15 is 0 Å². The second-order valence-electron chi connectivity index (χ2n) is 9.75. The molecule has 174 valence electrons. The van der Waals surface area contributed by atoms with Crippen LogP contribution in [0.5, 0.6) is 5.75 Å². The maximum absolute atomic E-state index is 12.0. The normalized spacial score (nSPS) is 25.5. The maximum atomic E-state index is 12.0. The molecule has 0 heterocycles. The lowest BCUT2D eigenvalue weighted by atomic mass is 9.73. The minimum absolute atomic E-state index is 0.0435. The van der Waals surface area contributed by atoms with Crippen LogP contribution >= 0.6 is 0 Å². The third kappa shape index (κ3) is 6.47. The molecule has 0 spiro atoms. The largest absolute Gasteiger partial charge is 0.482 e. The van der Waals surface area contributed by atoms with Crippen molar-refractivity contribution in [2.75, 3.05) is 6.61 Å². The molecule has 31 heavy (non-hydrogen) atoms. The molecule has 1 fully saturated rings. The number of esters is 1. The van der Waals surface area contributed by atoms with Gasteiger partial charge in [0.2, 0.25) is 0 Å². The molecule has 3 rings (SSSR count). The molecule has 1 aromatic rings. The first-order valence-corrected chi connectivity index (χ1v) is 12.6. The highest BCUT2D eigenvalue weighted by Gasteiger charge is 2.44. The maximum Gasteiger partial charge on any atom is 0.344 e. The molecular weight excluding hydrogens is 388 g/mol. The van der Waals surface area contributed by atoms with Crippen LogP contribution in [0.15, 0.2) is 18.2 Å². The highest BCUT2D eigenvalue weighted by molar-refractivity contribution is 5.71. The fraction of sp³-hybridized carbons (Fsp3) is 0.741. The van der Waals surface area contributed by atoms with E-state index in [1.165, 1.54) is 49.7 Å². The molecule has 4 nitrogen and oxygen atoms in total. The van der Waals surface area contributed by atoms with Gasteiger partial charge in [0.1, 0.15) is 5.75 Å². The van der Waals surface area contributed by atoms with Gasteiger partial charge in [0.25, 0.3) is 0 Å².